The summed E-state index contributed by atoms with van der Waals surface area (Å²) >= 11 is 16.3. The van der Waals surface area contributed by atoms with E-state index in [2.05, 4.69) is 5.10 Å². The SMILES string of the molecule is Cc1c(C(=O)C(Cl)(Cl)Cl)cnn1C. The highest BCUT2D eigenvalue weighted by Gasteiger charge is 2.33. The number of aryl methyl sites for hydroxylation is 1. The number of rotatable bonds is 1. The van der Waals surface area contributed by atoms with Crippen LogP contribution in [0, 0.1) is 6.92 Å². The minimum atomic E-state index is -1.91. The maximum Gasteiger partial charge on any atom is 0.253 e. The maximum atomic E-state index is 11.5. The topological polar surface area (TPSA) is 34.9 Å². The van der Waals surface area contributed by atoms with Crippen LogP contribution in [0.25, 0.3) is 0 Å². The first-order valence-electron chi connectivity index (χ1n) is 3.44. The van der Waals surface area contributed by atoms with Crippen LogP contribution in [0.5, 0.6) is 0 Å². The van der Waals surface area contributed by atoms with Gasteiger partial charge in [0, 0.05) is 12.7 Å². The first-order valence-corrected chi connectivity index (χ1v) is 4.57. The van der Waals surface area contributed by atoms with Crippen LogP contribution in [-0.4, -0.2) is 19.4 Å². The fourth-order valence-electron chi connectivity index (χ4n) is 0.874. The summed E-state index contributed by atoms with van der Waals surface area (Å²) in [5, 5.41) is 3.87. The lowest BCUT2D eigenvalue weighted by atomic mass is 10.2. The molecule has 0 aliphatic carbocycles. The molecule has 0 spiro atoms. The monoisotopic (exact) mass is 240 g/mol. The van der Waals surface area contributed by atoms with Crippen LogP contribution >= 0.6 is 34.8 Å². The molecule has 3 nitrogen and oxygen atoms in total. The average Bonchev–Trinajstić information content (AvgIpc) is 2.30. The standard InChI is InChI=1S/C7H7Cl3N2O/c1-4-5(3-11-12(4)2)6(13)7(8,9)10/h3H,1-2H3. The summed E-state index contributed by atoms with van der Waals surface area (Å²) in [5.74, 6) is -0.553. The van der Waals surface area contributed by atoms with Crippen LogP contribution in [0.2, 0.25) is 0 Å². The number of aromatic nitrogens is 2. The third-order valence-electron chi connectivity index (χ3n) is 1.74. The molecule has 0 N–H and O–H groups in total. The number of carbonyl (C=O) groups excluding carboxylic acids is 1. The van der Waals surface area contributed by atoms with Crippen molar-refractivity contribution in [3.05, 3.63) is 17.5 Å². The van der Waals surface area contributed by atoms with E-state index in [9.17, 15) is 4.79 Å². The third-order valence-corrected chi connectivity index (χ3v) is 2.25. The minimum absolute atomic E-state index is 0.336. The highest BCUT2D eigenvalue weighted by Crippen LogP contribution is 2.31. The van der Waals surface area contributed by atoms with E-state index in [-0.39, 0.29) is 0 Å². The van der Waals surface area contributed by atoms with E-state index in [0.29, 0.717) is 11.3 Å². The fraction of sp³-hybridized carbons (Fsp3) is 0.429. The molecule has 0 aliphatic heterocycles. The van der Waals surface area contributed by atoms with Crippen LogP contribution < -0.4 is 0 Å². The van der Waals surface area contributed by atoms with Gasteiger partial charge in [-0.1, -0.05) is 34.8 Å². The fourth-order valence-corrected chi connectivity index (χ4v) is 1.18. The summed E-state index contributed by atoms with van der Waals surface area (Å²) < 4.78 is -0.364. The first-order chi connectivity index (χ1) is 5.84. The molecule has 0 amide bonds. The summed E-state index contributed by atoms with van der Waals surface area (Å²) in [5.41, 5.74) is 1.01. The zero-order valence-corrected chi connectivity index (χ0v) is 9.28. The van der Waals surface area contributed by atoms with Crippen LogP contribution in [0.3, 0.4) is 0 Å². The Hall–Kier alpha value is -0.250. The number of alkyl halides is 3. The second-order valence-electron chi connectivity index (χ2n) is 2.59. The largest absolute Gasteiger partial charge is 0.289 e. The van der Waals surface area contributed by atoms with Crippen molar-refractivity contribution in [3.63, 3.8) is 0 Å². The molecule has 72 valence electrons. The van der Waals surface area contributed by atoms with Gasteiger partial charge in [0.05, 0.1) is 11.8 Å². The predicted molar refractivity (Wildman–Crippen MR) is 52.6 cm³/mol. The van der Waals surface area contributed by atoms with Crippen molar-refractivity contribution in [2.75, 3.05) is 0 Å². The van der Waals surface area contributed by atoms with Crippen molar-refractivity contribution in [2.24, 2.45) is 7.05 Å². The summed E-state index contributed by atoms with van der Waals surface area (Å²) in [6.45, 7) is 1.73. The van der Waals surface area contributed by atoms with Crippen molar-refractivity contribution in [1.29, 1.82) is 0 Å². The van der Waals surface area contributed by atoms with Gasteiger partial charge in [-0.25, -0.2) is 0 Å². The second kappa shape index (κ2) is 3.48. The molecule has 1 aromatic rings. The molecular weight excluding hydrogens is 234 g/mol. The average molecular weight is 242 g/mol. The number of hydrogen-bond acceptors (Lipinski definition) is 2. The van der Waals surface area contributed by atoms with Gasteiger partial charge in [-0.2, -0.15) is 5.10 Å². The normalized spacial score (nSPS) is 11.8. The van der Waals surface area contributed by atoms with Crippen molar-refractivity contribution in [3.8, 4) is 0 Å². The number of halogens is 3. The van der Waals surface area contributed by atoms with Crippen LogP contribution in [0.15, 0.2) is 6.20 Å². The Morgan fingerprint density at radius 1 is 1.54 bits per heavy atom. The van der Waals surface area contributed by atoms with E-state index < -0.39 is 9.58 Å². The van der Waals surface area contributed by atoms with Gasteiger partial charge in [-0.05, 0) is 6.92 Å². The lowest BCUT2D eigenvalue weighted by Crippen LogP contribution is -2.19. The molecule has 0 saturated carbocycles. The van der Waals surface area contributed by atoms with Crippen molar-refractivity contribution >= 4 is 40.6 Å². The number of carbonyl (C=O) groups is 1. The van der Waals surface area contributed by atoms with E-state index in [1.54, 1.807) is 18.7 Å². The molecule has 6 heteroatoms. The quantitative estimate of drug-likeness (QED) is 0.558. The van der Waals surface area contributed by atoms with Crippen LogP contribution in [0.4, 0.5) is 0 Å². The molecule has 0 atom stereocenters. The molecule has 0 aliphatic rings. The molecule has 1 rings (SSSR count). The molecule has 13 heavy (non-hydrogen) atoms. The molecule has 0 aromatic carbocycles. The number of hydrogen-bond donors (Lipinski definition) is 0. The molecule has 0 bridgehead atoms. The Morgan fingerprint density at radius 3 is 2.38 bits per heavy atom. The summed E-state index contributed by atoms with van der Waals surface area (Å²) in [4.78, 5) is 11.5. The van der Waals surface area contributed by atoms with Crippen molar-refractivity contribution < 1.29 is 4.79 Å². The van der Waals surface area contributed by atoms with Crippen LogP contribution in [-0.2, 0) is 7.05 Å². The van der Waals surface area contributed by atoms with Gasteiger partial charge >= 0.3 is 0 Å². The Balaban J connectivity index is 3.10. The zero-order valence-electron chi connectivity index (χ0n) is 7.01. The lowest BCUT2D eigenvalue weighted by molar-refractivity contribution is 0.0995. The summed E-state index contributed by atoms with van der Waals surface area (Å²) in [6.07, 6.45) is 1.39. The van der Waals surface area contributed by atoms with E-state index in [1.807, 2.05) is 0 Å². The van der Waals surface area contributed by atoms with Gasteiger partial charge in [0.2, 0.25) is 5.78 Å². The van der Waals surface area contributed by atoms with Crippen molar-refractivity contribution in [1.82, 2.24) is 9.78 Å². The minimum Gasteiger partial charge on any atom is -0.289 e. The van der Waals surface area contributed by atoms with E-state index in [0.717, 1.165) is 0 Å². The van der Waals surface area contributed by atoms with E-state index >= 15 is 0 Å². The van der Waals surface area contributed by atoms with Gasteiger partial charge < -0.3 is 0 Å². The molecule has 0 saturated heterocycles. The number of nitrogens with zero attached hydrogens (tertiary/aromatic N) is 2. The van der Waals surface area contributed by atoms with E-state index in [1.165, 1.54) is 6.20 Å². The molecule has 0 fully saturated rings. The van der Waals surface area contributed by atoms with Gasteiger partial charge in [0.15, 0.2) is 0 Å². The van der Waals surface area contributed by atoms with Crippen molar-refractivity contribution in [2.45, 2.75) is 10.7 Å². The summed E-state index contributed by atoms with van der Waals surface area (Å²) in [7, 11) is 1.71. The Morgan fingerprint density at radius 2 is 2.08 bits per heavy atom. The molecular formula is C7H7Cl3N2O. The molecule has 1 heterocycles. The zero-order chi connectivity index (χ0) is 10.2. The Kier molecular flexibility index (Phi) is 2.90. The second-order valence-corrected chi connectivity index (χ2v) is 4.88. The van der Waals surface area contributed by atoms with Gasteiger partial charge in [0.25, 0.3) is 3.79 Å². The maximum absolute atomic E-state index is 11.5. The summed E-state index contributed by atoms with van der Waals surface area (Å²) in [6, 6.07) is 0. The van der Waals surface area contributed by atoms with Gasteiger partial charge in [-0.3, -0.25) is 9.48 Å². The molecule has 0 unspecified atom stereocenters. The third kappa shape index (κ3) is 2.16. The lowest BCUT2D eigenvalue weighted by Gasteiger charge is -2.07. The number of Topliss-reactive ketones (excluding diaryl/α,β-unsaturated/α-hetero) is 1. The Labute approximate surface area is 90.6 Å². The van der Waals surface area contributed by atoms with Crippen LogP contribution in [0.1, 0.15) is 16.1 Å². The van der Waals surface area contributed by atoms with Gasteiger partial charge in [-0.15, -0.1) is 0 Å². The highest BCUT2D eigenvalue weighted by molar-refractivity contribution is 6.77. The van der Waals surface area contributed by atoms with E-state index in [4.69, 9.17) is 34.8 Å². The smallest absolute Gasteiger partial charge is 0.253 e. The first kappa shape index (κ1) is 10.8. The predicted octanol–water partition coefficient (Wildman–Crippen LogP) is 2.28. The molecule has 1 aromatic heterocycles. The highest BCUT2D eigenvalue weighted by atomic mass is 35.6. The molecule has 0 radical (unpaired) electrons. The van der Waals surface area contributed by atoms with Gasteiger partial charge in [0.1, 0.15) is 0 Å². The Bertz CT molecular complexity index is 340. The number of ketones is 1.